The minimum atomic E-state index is 0.0321. The number of aromatic nitrogens is 1. The fourth-order valence-corrected chi connectivity index (χ4v) is 2.85. The number of alkyl halides is 1. The van der Waals surface area contributed by atoms with Gasteiger partial charge in [-0.25, -0.2) is 4.98 Å². The van der Waals surface area contributed by atoms with Crippen LogP contribution in [-0.2, 0) is 23.5 Å². The molecule has 0 aliphatic rings. The van der Waals surface area contributed by atoms with Crippen molar-refractivity contribution >= 4 is 34.5 Å². The number of nitrogens with zero attached hydrogens (tertiary/aromatic N) is 2. The van der Waals surface area contributed by atoms with Gasteiger partial charge in [-0.15, -0.1) is 22.9 Å². The molecule has 3 nitrogen and oxygen atoms in total. The summed E-state index contributed by atoms with van der Waals surface area (Å²) in [4.78, 5) is 18.2. The van der Waals surface area contributed by atoms with Gasteiger partial charge in [0.15, 0.2) is 0 Å². The van der Waals surface area contributed by atoms with Gasteiger partial charge in [0.2, 0.25) is 5.91 Å². The van der Waals surface area contributed by atoms with Crippen molar-refractivity contribution < 1.29 is 4.79 Å². The molecule has 0 radical (unpaired) electrons. The first-order chi connectivity index (χ1) is 9.63. The lowest BCUT2D eigenvalue weighted by molar-refractivity contribution is -0.117. The number of hydrogen-bond acceptors (Lipinski definition) is 3. The molecule has 1 amide bonds. The van der Waals surface area contributed by atoms with Crippen LogP contribution < -0.4 is 4.90 Å². The van der Waals surface area contributed by atoms with E-state index in [1.807, 2.05) is 29.6 Å². The molecule has 0 unspecified atom stereocenters. The maximum Gasteiger partial charge on any atom is 0.233 e. The van der Waals surface area contributed by atoms with Crippen LogP contribution in [0, 0.1) is 0 Å². The molecule has 0 aliphatic heterocycles. The fraction of sp³-hybridized carbons (Fsp3) is 0.333. The molecule has 106 valence electrons. The first kappa shape index (κ1) is 15.0. The van der Waals surface area contributed by atoms with Crippen LogP contribution in [0.5, 0.6) is 0 Å². The van der Waals surface area contributed by atoms with E-state index in [9.17, 15) is 4.79 Å². The minimum absolute atomic E-state index is 0.0321. The van der Waals surface area contributed by atoms with E-state index in [0.717, 1.165) is 22.8 Å². The number of thiazole rings is 1. The third-order valence-corrected chi connectivity index (χ3v) is 4.32. The van der Waals surface area contributed by atoms with Gasteiger partial charge in [0.1, 0.15) is 5.01 Å². The first-order valence-corrected chi connectivity index (χ1v) is 7.90. The number of carbonyl (C=O) groups excluding carboxylic acids is 1. The Balaban J connectivity index is 2.03. The highest BCUT2D eigenvalue weighted by molar-refractivity contribution is 7.09. The molecule has 1 aromatic heterocycles. The number of carbonyl (C=O) groups is 1. The van der Waals surface area contributed by atoms with E-state index in [1.54, 1.807) is 11.9 Å². The summed E-state index contributed by atoms with van der Waals surface area (Å²) < 4.78 is 0. The maximum atomic E-state index is 12.2. The lowest BCUT2D eigenvalue weighted by Gasteiger charge is -2.17. The number of amides is 1. The molecule has 1 heterocycles. The Morgan fingerprint density at radius 3 is 2.60 bits per heavy atom. The monoisotopic (exact) mass is 308 g/mol. The molecule has 1 aromatic carbocycles. The van der Waals surface area contributed by atoms with Crippen molar-refractivity contribution in [3.63, 3.8) is 0 Å². The smallest absolute Gasteiger partial charge is 0.233 e. The largest absolute Gasteiger partial charge is 0.315 e. The highest BCUT2D eigenvalue weighted by Gasteiger charge is 2.13. The van der Waals surface area contributed by atoms with Crippen molar-refractivity contribution in [2.45, 2.75) is 25.6 Å². The Bertz CT molecular complexity index is 580. The fourth-order valence-electron chi connectivity index (χ4n) is 1.84. The topological polar surface area (TPSA) is 33.2 Å². The number of benzene rings is 1. The predicted molar refractivity (Wildman–Crippen MR) is 84.6 cm³/mol. The van der Waals surface area contributed by atoms with E-state index in [-0.39, 0.29) is 5.91 Å². The molecule has 0 atom stereocenters. The molecule has 0 fully saturated rings. The Kier molecular flexibility index (Phi) is 5.15. The standard InChI is InChI=1S/C15H17ClN2OS/c1-3-11-4-6-13(7-5-11)18(2)15(19)8-14-17-12(9-16)10-20-14/h4-7,10H,3,8-9H2,1-2H3. The summed E-state index contributed by atoms with van der Waals surface area (Å²) in [6.07, 6.45) is 1.31. The molecule has 0 saturated carbocycles. The average Bonchev–Trinajstić information content (AvgIpc) is 2.94. The quantitative estimate of drug-likeness (QED) is 0.790. The van der Waals surface area contributed by atoms with E-state index in [0.29, 0.717) is 12.3 Å². The van der Waals surface area contributed by atoms with Gasteiger partial charge in [0.05, 0.1) is 18.0 Å². The van der Waals surface area contributed by atoms with Crippen LogP contribution in [0.4, 0.5) is 5.69 Å². The second-order valence-electron chi connectivity index (χ2n) is 4.52. The minimum Gasteiger partial charge on any atom is -0.315 e. The third-order valence-electron chi connectivity index (χ3n) is 3.14. The van der Waals surface area contributed by atoms with Crippen LogP contribution in [0.1, 0.15) is 23.2 Å². The van der Waals surface area contributed by atoms with Gasteiger partial charge >= 0.3 is 0 Å². The summed E-state index contributed by atoms with van der Waals surface area (Å²) in [6, 6.07) is 8.05. The molecule has 2 rings (SSSR count). The van der Waals surface area contributed by atoms with E-state index >= 15 is 0 Å². The number of aryl methyl sites for hydroxylation is 1. The number of rotatable bonds is 5. The summed E-state index contributed by atoms with van der Waals surface area (Å²) in [5, 5.41) is 2.70. The molecule has 20 heavy (non-hydrogen) atoms. The lowest BCUT2D eigenvalue weighted by Crippen LogP contribution is -2.27. The molecule has 0 N–H and O–H groups in total. The van der Waals surface area contributed by atoms with Crippen LogP contribution in [0.2, 0.25) is 0 Å². The zero-order valence-electron chi connectivity index (χ0n) is 11.6. The van der Waals surface area contributed by atoms with E-state index < -0.39 is 0 Å². The van der Waals surface area contributed by atoms with Crippen molar-refractivity contribution in [2.75, 3.05) is 11.9 Å². The van der Waals surface area contributed by atoms with E-state index in [2.05, 4.69) is 11.9 Å². The zero-order valence-corrected chi connectivity index (χ0v) is 13.2. The van der Waals surface area contributed by atoms with Crippen LogP contribution in [-0.4, -0.2) is 17.9 Å². The first-order valence-electron chi connectivity index (χ1n) is 6.48. The Morgan fingerprint density at radius 2 is 2.05 bits per heavy atom. The van der Waals surface area contributed by atoms with Gasteiger partial charge in [-0.2, -0.15) is 0 Å². The highest BCUT2D eigenvalue weighted by Crippen LogP contribution is 2.17. The summed E-state index contributed by atoms with van der Waals surface area (Å²) >= 11 is 7.19. The summed E-state index contributed by atoms with van der Waals surface area (Å²) in [7, 11) is 1.79. The van der Waals surface area contributed by atoms with Crippen molar-refractivity contribution in [3.8, 4) is 0 Å². The Hall–Kier alpha value is -1.39. The van der Waals surface area contributed by atoms with Gasteiger partial charge < -0.3 is 4.90 Å². The van der Waals surface area contributed by atoms with Crippen molar-refractivity contribution in [3.05, 3.63) is 45.9 Å². The molecular formula is C15H17ClN2OS. The Morgan fingerprint density at radius 1 is 1.35 bits per heavy atom. The molecule has 5 heteroatoms. The van der Waals surface area contributed by atoms with Crippen LogP contribution in [0.25, 0.3) is 0 Å². The Labute approximate surface area is 128 Å². The SMILES string of the molecule is CCc1ccc(N(C)C(=O)Cc2nc(CCl)cs2)cc1. The van der Waals surface area contributed by atoms with Crippen LogP contribution in [0.15, 0.2) is 29.6 Å². The number of halogens is 1. The molecule has 0 bridgehead atoms. The summed E-state index contributed by atoms with van der Waals surface area (Å²) in [6.45, 7) is 2.11. The van der Waals surface area contributed by atoms with Crippen molar-refractivity contribution in [1.29, 1.82) is 0 Å². The number of anilines is 1. The van der Waals surface area contributed by atoms with E-state index in [4.69, 9.17) is 11.6 Å². The maximum absolute atomic E-state index is 12.2. The van der Waals surface area contributed by atoms with Gasteiger partial charge in [-0.3, -0.25) is 4.79 Å². The van der Waals surface area contributed by atoms with Crippen LogP contribution >= 0.6 is 22.9 Å². The predicted octanol–water partition coefficient (Wildman–Crippen LogP) is 3.65. The molecule has 0 aliphatic carbocycles. The number of hydrogen-bond donors (Lipinski definition) is 0. The van der Waals surface area contributed by atoms with Gasteiger partial charge in [0.25, 0.3) is 0 Å². The van der Waals surface area contributed by atoms with Crippen LogP contribution in [0.3, 0.4) is 0 Å². The van der Waals surface area contributed by atoms with Gasteiger partial charge in [-0.1, -0.05) is 19.1 Å². The van der Waals surface area contributed by atoms with Gasteiger partial charge in [-0.05, 0) is 24.1 Å². The molecular weight excluding hydrogens is 292 g/mol. The number of likely N-dealkylation sites (N-methyl/N-ethyl adjacent to an activating group) is 1. The average molecular weight is 309 g/mol. The molecule has 0 spiro atoms. The molecule has 0 saturated heterocycles. The second kappa shape index (κ2) is 6.86. The summed E-state index contributed by atoms with van der Waals surface area (Å²) in [5.41, 5.74) is 3.00. The lowest BCUT2D eigenvalue weighted by atomic mass is 10.1. The van der Waals surface area contributed by atoms with E-state index in [1.165, 1.54) is 16.9 Å². The second-order valence-corrected chi connectivity index (χ2v) is 5.73. The summed E-state index contributed by atoms with van der Waals surface area (Å²) in [5.74, 6) is 0.420. The normalized spacial score (nSPS) is 10.6. The zero-order chi connectivity index (χ0) is 14.5. The highest BCUT2D eigenvalue weighted by atomic mass is 35.5. The van der Waals surface area contributed by atoms with Crippen molar-refractivity contribution in [2.24, 2.45) is 0 Å². The van der Waals surface area contributed by atoms with Crippen molar-refractivity contribution in [1.82, 2.24) is 4.98 Å². The third kappa shape index (κ3) is 3.58. The molecule has 2 aromatic rings. The van der Waals surface area contributed by atoms with Gasteiger partial charge in [0, 0.05) is 18.1 Å².